The van der Waals surface area contributed by atoms with Gasteiger partial charge < -0.3 is 19.9 Å². The summed E-state index contributed by atoms with van der Waals surface area (Å²) in [6, 6.07) is 16.0. The van der Waals surface area contributed by atoms with Crippen molar-refractivity contribution >= 4 is 28.2 Å². The minimum absolute atomic E-state index is 0.0190. The van der Waals surface area contributed by atoms with E-state index < -0.39 is 0 Å². The van der Waals surface area contributed by atoms with Gasteiger partial charge in [0.25, 0.3) is 0 Å². The molecule has 2 aromatic carbocycles. The first-order chi connectivity index (χ1) is 13.2. The second-order valence-electron chi connectivity index (χ2n) is 6.73. The predicted molar refractivity (Wildman–Crippen MR) is 109 cm³/mol. The molecule has 1 amide bonds. The van der Waals surface area contributed by atoms with Crippen molar-refractivity contribution in [2.75, 3.05) is 50.1 Å². The summed E-state index contributed by atoms with van der Waals surface area (Å²) in [4.78, 5) is 20.2. The molecule has 6 heteroatoms. The monoisotopic (exact) mass is 364 g/mol. The van der Waals surface area contributed by atoms with Gasteiger partial charge in [-0.15, -0.1) is 0 Å². The Morgan fingerprint density at radius 1 is 1.07 bits per heavy atom. The highest BCUT2D eigenvalue weighted by Crippen LogP contribution is 2.28. The topological polar surface area (TPSA) is 60.6 Å². The molecule has 1 aromatic heterocycles. The molecule has 0 aliphatic carbocycles. The molecule has 0 radical (unpaired) electrons. The van der Waals surface area contributed by atoms with Crippen LogP contribution in [-0.2, 0) is 4.79 Å². The summed E-state index contributed by atoms with van der Waals surface area (Å²) in [5.74, 6) is 0.911. The van der Waals surface area contributed by atoms with Crippen LogP contribution >= 0.6 is 0 Å². The number of carbonyl (C=O) groups excluding carboxylic acids is 1. The normalized spacial score (nSPS) is 15.1. The SMILES string of the molecule is COc1ccccc1N1CCN(CC(=O)Nc2c[nH]c3ccccc23)CC1. The van der Waals surface area contributed by atoms with Crippen LogP contribution in [0.15, 0.2) is 54.7 Å². The average molecular weight is 364 g/mol. The van der Waals surface area contributed by atoms with Crippen LogP contribution in [0.3, 0.4) is 0 Å². The quantitative estimate of drug-likeness (QED) is 0.731. The second-order valence-corrected chi connectivity index (χ2v) is 6.73. The summed E-state index contributed by atoms with van der Waals surface area (Å²) in [7, 11) is 1.70. The lowest BCUT2D eigenvalue weighted by Crippen LogP contribution is -2.48. The number of ether oxygens (including phenoxy) is 1. The number of methoxy groups -OCH3 is 1. The van der Waals surface area contributed by atoms with Crippen molar-refractivity contribution in [2.24, 2.45) is 0 Å². The van der Waals surface area contributed by atoms with E-state index >= 15 is 0 Å². The molecule has 0 spiro atoms. The lowest BCUT2D eigenvalue weighted by molar-refractivity contribution is -0.117. The predicted octanol–water partition coefficient (Wildman–Crippen LogP) is 2.94. The van der Waals surface area contributed by atoms with Gasteiger partial charge in [0.15, 0.2) is 0 Å². The molecule has 0 unspecified atom stereocenters. The number of aromatic nitrogens is 1. The summed E-state index contributed by atoms with van der Waals surface area (Å²) in [5, 5.41) is 4.06. The van der Waals surface area contributed by atoms with Gasteiger partial charge in [-0.25, -0.2) is 0 Å². The zero-order valence-corrected chi connectivity index (χ0v) is 15.4. The Bertz CT molecular complexity index is 929. The average Bonchev–Trinajstić information content (AvgIpc) is 3.11. The van der Waals surface area contributed by atoms with E-state index in [0.717, 1.165) is 54.2 Å². The van der Waals surface area contributed by atoms with E-state index in [0.29, 0.717) is 6.54 Å². The van der Waals surface area contributed by atoms with Crippen LogP contribution in [0.2, 0.25) is 0 Å². The van der Waals surface area contributed by atoms with Gasteiger partial charge in [-0.3, -0.25) is 9.69 Å². The van der Waals surface area contributed by atoms with Gasteiger partial charge >= 0.3 is 0 Å². The maximum atomic E-state index is 12.5. The summed E-state index contributed by atoms with van der Waals surface area (Å²) in [6.07, 6.45) is 1.85. The van der Waals surface area contributed by atoms with E-state index in [2.05, 4.69) is 26.2 Å². The summed E-state index contributed by atoms with van der Waals surface area (Å²) < 4.78 is 5.46. The van der Waals surface area contributed by atoms with Crippen LogP contribution in [0.5, 0.6) is 5.75 Å². The number of fused-ring (bicyclic) bond motifs is 1. The second kappa shape index (κ2) is 7.72. The van der Waals surface area contributed by atoms with Crippen molar-refractivity contribution in [3.8, 4) is 5.75 Å². The van der Waals surface area contributed by atoms with E-state index in [9.17, 15) is 4.79 Å². The molecule has 1 aliphatic heterocycles. The number of nitrogens with zero attached hydrogens (tertiary/aromatic N) is 2. The Balaban J connectivity index is 1.33. The van der Waals surface area contributed by atoms with Crippen molar-refractivity contribution in [1.29, 1.82) is 0 Å². The molecule has 27 heavy (non-hydrogen) atoms. The van der Waals surface area contributed by atoms with Crippen LogP contribution in [0, 0.1) is 0 Å². The Labute approximate surface area is 158 Å². The van der Waals surface area contributed by atoms with Crippen molar-refractivity contribution in [1.82, 2.24) is 9.88 Å². The molecule has 2 heterocycles. The molecule has 1 aliphatic rings. The number of benzene rings is 2. The van der Waals surface area contributed by atoms with Crippen molar-refractivity contribution < 1.29 is 9.53 Å². The first-order valence-electron chi connectivity index (χ1n) is 9.21. The van der Waals surface area contributed by atoms with E-state index in [1.54, 1.807) is 7.11 Å². The summed E-state index contributed by atoms with van der Waals surface area (Å²) in [5.41, 5.74) is 2.98. The minimum atomic E-state index is 0.0190. The first kappa shape index (κ1) is 17.4. The van der Waals surface area contributed by atoms with Crippen LogP contribution in [0.4, 0.5) is 11.4 Å². The minimum Gasteiger partial charge on any atom is -0.495 e. The fraction of sp³-hybridized carbons (Fsp3) is 0.286. The third-order valence-corrected chi connectivity index (χ3v) is 5.03. The Kier molecular flexibility index (Phi) is 4.98. The summed E-state index contributed by atoms with van der Waals surface area (Å²) in [6.45, 7) is 3.85. The number of amides is 1. The lowest BCUT2D eigenvalue weighted by atomic mass is 10.2. The Morgan fingerprint density at radius 2 is 1.81 bits per heavy atom. The zero-order chi connectivity index (χ0) is 18.6. The highest BCUT2D eigenvalue weighted by atomic mass is 16.5. The van der Waals surface area contributed by atoms with E-state index in [1.807, 2.05) is 48.7 Å². The van der Waals surface area contributed by atoms with Crippen LogP contribution in [-0.4, -0.2) is 55.6 Å². The van der Waals surface area contributed by atoms with Gasteiger partial charge in [0.05, 0.1) is 25.0 Å². The van der Waals surface area contributed by atoms with Gasteiger partial charge in [0.2, 0.25) is 5.91 Å². The smallest absolute Gasteiger partial charge is 0.238 e. The molecule has 140 valence electrons. The highest BCUT2D eigenvalue weighted by molar-refractivity contribution is 6.02. The summed E-state index contributed by atoms with van der Waals surface area (Å²) >= 11 is 0. The number of anilines is 2. The number of hydrogen-bond acceptors (Lipinski definition) is 4. The van der Waals surface area contributed by atoms with Crippen LogP contribution < -0.4 is 15.0 Å². The molecular formula is C21H24N4O2. The number of carbonyl (C=O) groups is 1. The molecular weight excluding hydrogens is 340 g/mol. The standard InChI is InChI=1S/C21H24N4O2/c1-27-20-9-5-4-8-19(20)25-12-10-24(11-13-25)15-21(26)23-18-14-22-17-7-3-2-6-16(17)18/h2-9,14,22H,10-13,15H2,1H3,(H,23,26). The molecule has 0 saturated carbocycles. The largest absolute Gasteiger partial charge is 0.495 e. The number of piperazine rings is 1. The third kappa shape index (κ3) is 3.75. The number of nitrogens with one attached hydrogen (secondary N) is 2. The molecule has 2 N–H and O–H groups in total. The Hall–Kier alpha value is -2.99. The molecule has 1 fully saturated rings. The first-order valence-corrected chi connectivity index (χ1v) is 9.21. The van der Waals surface area contributed by atoms with Crippen molar-refractivity contribution in [3.63, 3.8) is 0 Å². The number of aromatic amines is 1. The molecule has 0 atom stereocenters. The maximum absolute atomic E-state index is 12.5. The van der Waals surface area contributed by atoms with Crippen LogP contribution in [0.1, 0.15) is 0 Å². The highest BCUT2D eigenvalue weighted by Gasteiger charge is 2.21. The van der Waals surface area contributed by atoms with Gasteiger partial charge in [-0.2, -0.15) is 0 Å². The van der Waals surface area contributed by atoms with Crippen molar-refractivity contribution in [3.05, 3.63) is 54.7 Å². The lowest BCUT2D eigenvalue weighted by Gasteiger charge is -2.36. The van der Waals surface area contributed by atoms with E-state index in [1.165, 1.54) is 0 Å². The molecule has 4 rings (SSSR count). The zero-order valence-electron chi connectivity index (χ0n) is 15.4. The van der Waals surface area contributed by atoms with Crippen molar-refractivity contribution in [2.45, 2.75) is 0 Å². The number of H-pyrrole nitrogens is 1. The third-order valence-electron chi connectivity index (χ3n) is 5.03. The number of hydrogen-bond donors (Lipinski definition) is 2. The molecule has 1 saturated heterocycles. The maximum Gasteiger partial charge on any atom is 0.238 e. The van der Waals surface area contributed by atoms with Crippen LogP contribution in [0.25, 0.3) is 10.9 Å². The van der Waals surface area contributed by atoms with Gasteiger partial charge in [0, 0.05) is 43.3 Å². The fourth-order valence-corrected chi connectivity index (χ4v) is 3.61. The van der Waals surface area contributed by atoms with Gasteiger partial charge in [-0.1, -0.05) is 30.3 Å². The Morgan fingerprint density at radius 3 is 2.63 bits per heavy atom. The van der Waals surface area contributed by atoms with Gasteiger partial charge in [-0.05, 0) is 18.2 Å². The fourth-order valence-electron chi connectivity index (χ4n) is 3.61. The van der Waals surface area contributed by atoms with E-state index in [-0.39, 0.29) is 5.91 Å². The van der Waals surface area contributed by atoms with Gasteiger partial charge in [0.1, 0.15) is 5.75 Å². The molecule has 3 aromatic rings. The molecule has 6 nitrogen and oxygen atoms in total. The molecule has 0 bridgehead atoms. The van der Waals surface area contributed by atoms with E-state index in [4.69, 9.17) is 4.74 Å². The number of para-hydroxylation sites is 3. The number of rotatable bonds is 5.